The van der Waals surface area contributed by atoms with Crippen LogP contribution in [0.4, 0.5) is 5.82 Å². The number of anilines is 1. The van der Waals surface area contributed by atoms with E-state index in [1.165, 1.54) is 0 Å². The summed E-state index contributed by atoms with van der Waals surface area (Å²) in [7, 11) is 0. The lowest BCUT2D eigenvalue weighted by Crippen LogP contribution is -2.05. The fourth-order valence-corrected chi connectivity index (χ4v) is 3.63. The summed E-state index contributed by atoms with van der Waals surface area (Å²) >= 11 is 1.64. The standard InChI is InChI=1S/C21H16N6S/c1-2-6-17-16(5-1)20(26-21(25-17)18-7-3-12-28-18)23-14-15-8-9-19(22-13-15)27-11-4-10-24-27/h1-13H,14H2,(H,23,25,26). The van der Waals surface area contributed by atoms with Gasteiger partial charge in [0.2, 0.25) is 0 Å². The maximum Gasteiger partial charge on any atom is 0.172 e. The molecule has 5 aromatic rings. The molecule has 1 N–H and O–H groups in total. The molecule has 1 aromatic carbocycles. The van der Waals surface area contributed by atoms with Crippen molar-refractivity contribution in [2.45, 2.75) is 6.54 Å². The number of fused-ring (bicyclic) bond motifs is 1. The number of para-hydroxylation sites is 1. The minimum atomic E-state index is 0.622. The molecule has 0 saturated heterocycles. The van der Waals surface area contributed by atoms with Crippen molar-refractivity contribution in [2.75, 3.05) is 5.32 Å². The van der Waals surface area contributed by atoms with Crippen molar-refractivity contribution in [1.29, 1.82) is 0 Å². The van der Waals surface area contributed by atoms with Gasteiger partial charge in [-0.3, -0.25) is 0 Å². The van der Waals surface area contributed by atoms with Gasteiger partial charge < -0.3 is 5.32 Å². The van der Waals surface area contributed by atoms with E-state index in [0.717, 1.165) is 38.8 Å². The predicted octanol–water partition coefficient (Wildman–Crippen LogP) is 4.55. The third-order valence-electron chi connectivity index (χ3n) is 4.35. The summed E-state index contributed by atoms with van der Waals surface area (Å²) in [5.41, 5.74) is 1.99. The first-order valence-corrected chi connectivity index (χ1v) is 9.74. The number of pyridine rings is 1. The van der Waals surface area contributed by atoms with Gasteiger partial charge in [-0.1, -0.05) is 24.3 Å². The zero-order valence-electron chi connectivity index (χ0n) is 14.9. The van der Waals surface area contributed by atoms with Gasteiger partial charge in [-0.25, -0.2) is 19.6 Å². The third kappa shape index (κ3) is 3.23. The highest BCUT2D eigenvalue weighted by atomic mass is 32.1. The lowest BCUT2D eigenvalue weighted by Gasteiger charge is -2.11. The molecular formula is C21H16N6S. The highest BCUT2D eigenvalue weighted by molar-refractivity contribution is 7.13. The van der Waals surface area contributed by atoms with Crippen molar-refractivity contribution in [2.24, 2.45) is 0 Å². The SMILES string of the molecule is c1csc(-c2nc(NCc3ccc(-n4cccn4)nc3)c3ccccc3n2)c1. The van der Waals surface area contributed by atoms with Crippen LogP contribution in [-0.4, -0.2) is 24.7 Å². The highest BCUT2D eigenvalue weighted by Gasteiger charge is 2.10. The summed E-state index contributed by atoms with van der Waals surface area (Å²) in [6.07, 6.45) is 5.47. The van der Waals surface area contributed by atoms with Gasteiger partial charge in [0.15, 0.2) is 11.6 Å². The van der Waals surface area contributed by atoms with Gasteiger partial charge in [-0.05, 0) is 41.3 Å². The molecule has 4 aromatic heterocycles. The summed E-state index contributed by atoms with van der Waals surface area (Å²) in [6, 6.07) is 18.0. The Kier molecular flexibility index (Phi) is 4.27. The number of hydrogen-bond acceptors (Lipinski definition) is 6. The Labute approximate surface area is 165 Å². The molecule has 0 amide bonds. The highest BCUT2D eigenvalue weighted by Crippen LogP contribution is 2.27. The average Bonchev–Trinajstić information content (AvgIpc) is 3.46. The van der Waals surface area contributed by atoms with Gasteiger partial charge in [0, 0.05) is 30.5 Å². The molecule has 0 radical (unpaired) electrons. The molecular weight excluding hydrogens is 368 g/mol. The van der Waals surface area contributed by atoms with Crippen LogP contribution in [0.3, 0.4) is 0 Å². The smallest absolute Gasteiger partial charge is 0.172 e. The van der Waals surface area contributed by atoms with Gasteiger partial charge in [-0.2, -0.15) is 5.10 Å². The topological polar surface area (TPSA) is 68.5 Å². The molecule has 0 saturated carbocycles. The van der Waals surface area contributed by atoms with Gasteiger partial charge >= 0.3 is 0 Å². The van der Waals surface area contributed by atoms with Crippen LogP contribution < -0.4 is 5.32 Å². The summed E-state index contributed by atoms with van der Waals surface area (Å²) in [4.78, 5) is 15.0. The van der Waals surface area contributed by atoms with Crippen LogP contribution in [0.15, 0.2) is 78.6 Å². The van der Waals surface area contributed by atoms with Crippen LogP contribution >= 0.6 is 11.3 Å². The molecule has 0 atom stereocenters. The van der Waals surface area contributed by atoms with Crippen LogP contribution in [-0.2, 0) is 6.54 Å². The predicted molar refractivity (Wildman–Crippen MR) is 112 cm³/mol. The summed E-state index contributed by atoms with van der Waals surface area (Å²) in [5.74, 6) is 2.36. The van der Waals surface area contributed by atoms with E-state index >= 15 is 0 Å². The first kappa shape index (κ1) is 16.6. The molecule has 6 nitrogen and oxygen atoms in total. The number of nitrogens with zero attached hydrogens (tertiary/aromatic N) is 5. The first-order chi connectivity index (χ1) is 13.9. The summed E-state index contributed by atoms with van der Waals surface area (Å²) in [6.45, 7) is 0.622. The molecule has 0 unspecified atom stereocenters. The second kappa shape index (κ2) is 7.21. The largest absolute Gasteiger partial charge is 0.365 e. The third-order valence-corrected chi connectivity index (χ3v) is 5.22. The second-order valence-electron chi connectivity index (χ2n) is 6.22. The molecule has 4 heterocycles. The normalized spacial score (nSPS) is 11.0. The van der Waals surface area contributed by atoms with Crippen LogP contribution in [0.1, 0.15) is 5.56 Å². The Hall–Kier alpha value is -3.58. The van der Waals surface area contributed by atoms with Gasteiger partial charge in [0.05, 0.1) is 10.4 Å². The number of aromatic nitrogens is 5. The van der Waals surface area contributed by atoms with Crippen LogP contribution in [0, 0.1) is 0 Å². The quantitative estimate of drug-likeness (QED) is 0.481. The molecule has 136 valence electrons. The van der Waals surface area contributed by atoms with Crippen molar-refractivity contribution in [1.82, 2.24) is 24.7 Å². The molecule has 0 fully saturated rings. The molecule has 0 aliphatic heterocycles. The molecule has 0 aliphatic carbocycles. The molecule has 7 heteroatoms. The van der Waals surface area contributed by atoms with Gasteiger partial charge in [-0.15, -0.1) is 11.3 Å². The summed E-state index contributed by atoms with van der Waals surface area (Å²) in [5, 5.41) is 10.7. The van der Waals surface area contributed by atoms with E-state index in [1.54, 1.807) is 22.2 Å². The molecule has 0 spiro atoms. The van der Waals surface area contributed by atoms with E-state index in [9.17, 15) is 0 Å². The minimum absolute atomic E-state index is 0.622. The van der Waals surface area contributed by atoms with E-state index < -0.39 is 0 Å². The summed E-state index contributed by atoms with van der Waals surface area (Å²) < 4.78 is 1.74. The molecule has 0 bridgehead atoms. The number of rotatable bonds is 5. The lowest BCUT2D eigenvalue weighted by atomic mass is 10.2. The fraction of sp³-hybridized carbons (Fsp3) is 0.0476. The van der Waals surface area contributed by atoms with Crippen LogP contribution in [0.25, 0.3) is 27.4 Å². The van der Waals surface area contributed by atoms with Gasteiger partial charge in [0.1, 0.15) is 5.82 Å². The maximum absolute atomic E-state index is 4.77. The number of nitrogens with one attached hydrogen (secondary N) is 1. The second-order valence-corrected chi connectivity index (χ2v) is 7.17. The minimum Gasteiger partial charge on any atom is -0.365 e. The fourth-order valence-electron chi connectivity index (χ4n) is 2.97. The Balaban J connectivity index is 1.43. The van der Waals surface area contributed by atoms with Crippen molar-refractivity contribution in [3.05, 3.63) is 84.1 Å². The van der Waals surface area contributed by atoms with E-state index in [4.69, 9.17) is 9.97 Å². The average molecular weight is 384 g/mol. The van der Waals surface area contributed by atoms with Crippen molar-refractivity contribution >= 4 is 28.1 Å². The lowest BCUT2D eigenvalue weighted by molar-refractivity contribution is 0.843. The van der Waals surface area contributed by atoms with Crippen LogP contribution in [0.2, 0.25) is 0 Å². The zero-order valence-corrected chi connectivity index (χ0v) is 15.7. The Bertz CT molecular complexity index is 1200. The van der Waals surface area contributed by atoms with E-state index in [-0.39, 0.29) is 0 Å². The van der Waals surface area contributed by atoms with Crippen molar-refractivity contribution in [3.8, 4) is 16.5 Å². The number of thiophene rings is 1. The van der Waals surface area contributed by atoms with Crippen molar-refractivity contribution < 1.29 is 0 Å². The molecule has 28 heavy (non-hydrogen) atoms. The molecule has 0 aliphatic rings. The van der Waals surface area contributed by atoms with E-state index in [0.29, 0.717) is 6.54 Å². The monoisotopic (exact) mass is 384 g/mol. The Morgan fingerprint density at radius 1 is 0.964 bits per heavy atom. The van der Waals surface area contributed by atoms with Gasteiger partial charge in [0.25, 0.3) is 0 Å². The maximum atomic E-state index is 4.77. The van der Waals surface area contributed by atoms with Crippen LogP contribution in [0.5, 0.6) is 0 Å². The Morgan fingerprint density at radius 2 is 1.93 bits per heavy atom. The number of benzene rings is 1. The van der Waals surface area contributed by atoms with E-state index in [1.807, 2.05) is 72.4 Å². The first-order valence-electron chi connectivity index (χ1n) is 8.86. The molecule has 5 rings (SSSR count). The van der Waals surface area contributed by atoms with Crippen molar-refractivity contribution in [3.63, 3.8) is 0 Å². The zero-order chi connectivity index (χ0) is 18.8. The Morgan fingerprint density at radius 3 is 2.71 bits per heavy atom. The number of hydrogen-bond donors (Lipinski definition) is 1. The van der Waals surface area contributed by atoms with E-state index in [2.05, 4.69) is 15.4 Å².